The monoisotopic (exact) mass is 176 g/mol. The molecule has 0 aromatic heterocycles. The van der Waals surface area contributed by atoms with Gasteiger partial charge < -0.3 is 4.90 Å². The van der Waals surface area contributed by atoms with E-state index >= 15 is 0 Å². The topological polar surface area (TPSA) is 6.48 Å². The maximum absolute atomic E-state index is 5.14. The molecule has 2 nitrogen and oxygen atoms in total. The van der Waals surface area contributed by atoms with E-state index < -0.39 is 0 Å². The lowest BCUT2D eigenvalue weighted by Crippen LogP contribution is -2.42. The van der Waals surface area contributed by atoms with Gasteiger partial charge in [-0.1, -0.05) is 24.0 Å². The van der Waals surface area contributed by atoms with Gasteiger partial charge in [0.15, 0.2) is 0 Å². The predicted octanol–water partition coefficient (Wildman–Crippen LogP) is 1.19. The van der Waals surface area contributed by atoms with Crippen LogP contribution in [0.25, 0.3) is 0 Å². The van der Waals surface area contributed by atoms with Crippen molar-refractivity contribution in [2.45, 2.75) is 6.92 Å². The van der Waals surface area contributed by atoms with Crippen LogP contribution in [0.1, 0.15) is 6.92 Å². The number of nitrogens with zero attached hydrogens (tertiary/aromatic N) is 2. The van der Waals surface area contributed by atoms with Gasteiger partial charge in [0, 0.05) is 6.54 Å². The number of hydrogen-bond donors (Lipinski definition) is 0. The SMILES string of the molecule is CCN1CN(C)CSC1=S. The van der Waals surface area contributed by atoms with Gasteiger partial charge in [-0.25, -0.2) is 0 Å². The minimum atomic E-state index is 0.988. The highest BCUT2D eigenvalue weighted by molar-refractivity contribution is 8.22. The van der Waals surface area contributed by atoms with Crippen LogP contribution in [0.3, 0.4) is 0 Å². The van der Waals surface area contributed by atoms with Crippen LogP contribution in [-0.4, -0.2) is 40.3 Å². The Morgan fingerprint density at radius 2 is 2.40 bits per heavy atom. The number of thioether (sulfide) groups is 1. The summed E-state index contributed by atoms with van der Waals surface area (Å²) in [6, 6.07) is 0. The van der Waals surface area contributed by atoms with Crippen molar-refractivity contribution < 1.29 is 0 Å². The molecule has 4 heteroatoms. The second-order valence-corrected chi connectivity index (χ2v) is 3.97. The predicted molar refractivity (Wildman–Crippen MR) is 50.1 cm³/mol. The van der Waals surface area contributed by atoms with Crippen LogP contribution in [0.2, 0.25) is 0 Å². The molecule has 0 saturated carbocycles. The van der Waals surface area contributed by atoms with Crippen molar-refractivity contribution in [2.24, 2.45) is 0 Å². The molecule has 0 spiro atoms. The summed E-state index contributed by atoms with van der Waals surface area (Å²) in [5, 5.41) is 0. The van der Waals surface area contributed by atoms with E-state index in [4.69, 9.17) is 12.2 Å². The van der Waals surface area contributed by atoms with E-state index in [2.05, 4.69) is 23.8 Å². The van der Waals surface area contributed by atoms with Gasteiger partial charge in [0.25, 0.3) is 0 Å². The normalized spacial score (nSPS) is 21.8. The Kier molecular flexibility index (Phi) is 2.95. The lowest BCUT2D eigenvalue weighted by molar-refractivity contribution is 0.256. The summed E-state index contributed by atoms with van der Waals surface area (Å²) in [7, 11) is 2.11. The zero-order valence-corrected chi connectivity index (χ0v) is 7.97. The molecule has 0 unspecified atom stereocenters. The van der Waals surface area contributed by atoms with Gasteiger partial charge in [0.05, 0.1) is 12.5 Å². The molecular formula is C6H12N2S2. The third-order valence-electron chi connectivity index (χ3n) is 1.46. The molecule has 10 heavy (non-hydrogen) atoms. The molecule has 0 aromatic carbocycles. The van der Waals surface area contributed by atoms with E-state index in [9.17, 15) is 0 Å². The summed E-state index contributed by atoms with van der Waals surface area (Å²) < 4.78 is 1.04. The van der Waals surface area contributed by atoms with Crippen LogP contribution in [0.15, 0.2) is 0 Å². The minimum Gasteiger partial charge on any atom is -0.345 e. The highest BCUT2D eigenvalue weighted by Gasteiger charge is 2.16. The van der Waals surface area contributed by atoms with E-state index in [0.717, 1.165) is 23.4 Å². The van der Waals surface area contributed by atoms with E-state index in [-0.39, 0.29) is 0 Å². The van der Waals surface area contributed by atoms with Crippen molar-refractivity contribution in [3.8, 4) is 0 Å². The Morgan fingerprint density at radius 3 is 2.90 bits per heavy atom. The largest absolute Gasteiger partial charge is 0.345 e. The van der Waals surface area contributed by atoms with Gasteiger partial charge in [-0.05, 0) is 14.0 Å². The maximum atomic E-state index is 5.14. The molecule has 0 amide bonds. The first-order valence-corrected chi connectivity index (χ1v) is 4.73. The van der Waals surface area contributed by atoms with Gasteiger partial charge in [0.1, 0.15) is 4.32 Å². The zero-order valence-electron chi connectivity index (χ0n) is 6.33. The van der Waals surface area contributed by atoms with Crippen LogP contribution < -0.4 is 0 Å². The molecule has 1 aliphatic heterocycles. The second-order valence-electron chi connectivity index (χ2n) is 2.39. The molecule has 0 radical (unpaired) electrons. The first-order valence-electron chi connectivity index (χ1n) is 3.34. The van der Waals surface area contributed by atoms with Crippen LogP contribution in [0.5, 0.6) is 0 Å². The molecule has 0 bridgehead atoms. The average molecular weight is 176 g/mol. The Hall–Kier alpha value is 0.200. The Morgan fingerprint density at radius 1 is 1.70 bits per heavy atom. The first-order chi connectivity index (χ1) is 4.74. The second kappa shape index (κ2) is 3.55. The van der Waals surface area contributed by atoms with Crippen LogP contribution in [0, 0.1) is 0 Å². The first kappa shape index (κ1) is 8.30. The molecule has 1 aliphatic rings. The lowest BCUT2D eigenvalue weighted by Gasteiger charge is -2.33. The average Bonchev–Trinajstić information content (AvgIpc) is 1.94. The third-order valence-corrected chi connectivity index (χ3v) is 3.15. The Bertz CT molecular complexity index is 138. The van der Waals surface area contributed by atoms with E-state index in [1.165, 1.54) is 0 Å². The number of rotatable bonds is 1. The van der Waals surface area contributed by atoms with Gasteiger partial charge in [0.2, 0.25) is 0 Å². The van der Waals surface area contributed by atoms with Crippen LogP contribution >= 0.6 is 24.0 Å². The van der Waals surface area contributed by atoms with Crippen LogP contribution in [-0.2, 0) is 0 Å². The smallest absolute Gasteiger partial charge is 0.138 e. The Labute approximate surface area is 71.6 Å². The molecule has 1 rings (SSSR count). The fourth-order valence-corrected chi connectivity index (χ4v) is 2.00. The standard InChI is InChI=1S/C6H12N2S2/c1-3-8-4-7(2)5-10-6(8)9/h3-5H2,1-2H3. The lowest BCUT2D eigenvalue weighted by atomic mass is 10.6. The molecule has 0 aliphatic carbocycles. The van der Waals surface area contributed by atoms with Gasteiger partial charge in [-0.15, -0.1) is 0 Å². The van der Waals surface area contributed by atoms with Crippen LogP contribution in [0.4, 0.5) is 0 Å². The summed E-state index contributed by atoms with van der Waals surface area (Å²) in [5.41, 5.74) is 0. The van der Waals surface area contributed by atoms with E-state index in [1.54, 1.807) is 11.8 Å². The Balaban J connectivity index is 2.45. The fourth-order valence-electron chi connectivity index (χ4n) is 0.876. The van der Waals surface area contributed by atoms with E-state index in [0.29, 0.717) is 0 Å². The molecule has 1 saturated heterocycles. The number of thiocarbonyl (C=S) groups is 1. The summed E-state index contributed by atoms with van der Waals surface area (Å²) in [6.07, 6.45) is 0. The fraction of sp³-hybridized carbons (Fsp3) is 0.833. The molecule has 58 valence electrons. The van der Waals surface area contributed by atoms with Crippen molar-refractivity contribution in [3.05, 3.63) is 0 Å². The van der Waals surface area contributed by atoms with Crippen molar-refractivity contribution in [1.29, 1.82) is 0 Å². The molecule has 1 heterocycles. The molecule has 1 fully saturated rings. The molecular weight excluding hydrogens is 164 g/mol. The summed E-state index contributed by atoms with van der Waals surface area (Å²) in [4.78, 5) is 4.45. The van der Waals surface area contributed by atoms with Crippen molar-refractivity contribution in [3.63, 3.8) is 0 Å². The summed E-state index contributed by atoms with van der Waals surface area (Å²) >= 11 is 6.88. The highest BCUT2D eigenvalue weighted by atomic mass is 32.2. The number of hydrogen-bond acceptors (Lipinski definition) is 3. The summed E-state index contributed by atoms with van der Waals surface area (Å²) in [5.74, 6) is 1.04. The summed E-state index contributed by atoms with van der Waals surface area (Å²) in [6.45, 7) is 4.14. The molecule has 0 atom stereocenters. The van der Waals surface area contributed by atoms with E-state index in [1.807, 2.05) is 0 Å². The minimum absolute atomic E-state index is 0.988. The van der Waals surface area contributed by atoms with Crippen molar-refractivity contribution in [2.75, 3.05) is 26.1 Å². The molecule has 0 N–H and O–H groups in total. The van der Waals surface area contributed by atoms with Crippen molar-refractivity contribution >= 4 is 28.3 Å². The third kappa shape index (κ3) is 1.84. The zero-order chi connectivity index (χ0) is 7.56. The maximum Gasteiger partial charge on any atom is 0.138 e. The van der Waals surface area contributed by atoms with Crippen molar-refractivity contribution in [1.82, 2.24) is 9.80 Å². The highest BCUT2D eigenvalue weighted by Crippen LogP contribution is 2.16. The van der Waals surface area contributed by atoms with Gasteiger partial charge >= 0.3 is 0 Å². The van der Waals surface area contributed by atoms with Gasteiger partial charge in [-0.2, -0.15) is 0 Å². The molecule has 0 aromatic rings. The van der Waals surface area contributed by atoms with Gasteiger partial charge in [-0.3, -0.25) is 4.90 Å². The quantitative estimate of drug-likeness (QED) is 0.553.